The molecular formula is C30H39ClN2O7Si. The van der Waals surface area contributed by atoms with Crippen LogP contribution in [0.25, 0.3) is 10.9 Å². The number of amides is 1. The minimum Gasteiger partial charge on any atom is -0.506 e. The minimum atomic E-state index is -2.44. The topological polar surface area (TPSA) is 129 Å². The van der Waals surface area contributed by atoms with Crippen LogP contribution in [0.15, 0.2) is 47.3 Å². The van der Waals surface area contributed by atoms with Crippen LogP contribution < -0.4 is 5.56 Å². The van der Waals surface area contributed by atoms with Crippen molar-refractivity contribution in [1.82, 2.24) is 9.88 Å². The summed E-state index contributed by atoms with van der Waals surface area (Å²) < 4.78 is 12.6. The van der Waals surface area contributed by atoms with E-state index < -0.39 is 32.1 Å². The molecule has 1 amide bonds. The van der Waals surface area contributed by atoms with Gasteiger partial charge in [-0.2, -0.15) is 0 Å². The molecule has 3 N–H and O–H groups in total. The number of hydrogen-bond donors (Lipinski definition) is 3. The summed E-state index contributed by atoms with van der Waals surface area (Å²) in [5.74, 6) is -1.19. The number of phenolic OH excluding ortho intramolecular Hbond substituents is 1. The number of fused-ring (bicyclic) bond motifs is 1. The van der Waals surface area contributed by atoms with Crippen molar-refractivity contribution in [1.29, 1.82) is 0 Å². The SMILES string of the molecule is CC(C)(C)OC(=O)N(Cc1ccc(C(=O)O)cc1Cl)C[C@H](O[Si](C)(C)C(C)(C)C)c1ccc(O)c2[nH]c(=O)ccc12. The van der Waals surface area contributed by atoms with Crippen LogP contribution >= 0.6 is 11.6 Å². The first-order valence-electron chi connectivity index (χ1n) is 13.3. The molecule has 222 valence electrons. The van der Waals surface area contributed by atoms with Gasteiger partial charge in [0.15, 0.2) is 8.32 Å². The number of H-pyrrole nitrogens is 1. The van der Waals surface area contributed by atoms with Crippen molar-refractivity contribution in [3.8, 4) is 5.75 Å². The van der Waals surface area contributed by atoms with Crippen LogP contribution in [0.1, 0.15) is 69.1 Å². The summed E-state index contributed by atoms with van der Waals surface area (Å²) >= 11 is 6.46. The van der Waals surface area contributed by atoms with Gasteiger partial charge in [-0.1, -0.05) is 44.5 Å². The van der Waals surface area contributed by atoms with Crippen molar-refractivity contribution in [2.24, 2.45) is 0 Å². The number of carboxylic acids is 1. The lowest BCUT2D eigenvalue weighted by molar-refractivity contribution is 0.0137. The first-order valence-corrected chi connectivity index (χ1v) is 16.6. The molecule has 9 nitrogen and oxygen atoms in total. The summed E-state index contributed by atoms with van der Waals surface area (Å²) in [5.41, 5.74) is 0.378. The Hall–Kier alpha value is -3.34. The molecule has 0 bridgehead atoms. The number of aromatic hydroxyl groups is 1. The minimum absolute atomic E-state index is 0.0257. The van der Waals surface area contributed by atoms with Crippen LogP contribution in [0, 0.1) is 0 Å². The van der Waals surface area contributed by atoms with Crippen molar-refractivity contribution in [2.45, 2.75) is 77.9 Å². The Labute approximate surface area is 246 Å². The van der Waals surface area contributed by atoms with E-state index in [9.17, 15) is 24.6 Å². The average Bonchev–Trinajstić information content (AvgIpc) is 2.82. The van der Waals surface area contributed by atoms with E-state index in [-0.39, 0.29) is 45.5 Å². The fraction of sp³-hybridized carbons (Fsp3) is 0.433. The molecule has 2 aromatic carbocycles. The summed E-state index contributed by atoms with van der Waals surface area (Å²) in [5, 5.41) is 20.5. The monoisotopic (exact) mass is 602 g/mol. The molecule has 0 aliphatic rings. The second kappa shape index (κ2) is 11.9. The maximum absolute atomic E-state index is 13.6. The lowest BCUT2D eigenvalue weighted by atomic mass is 10.0. The van der Waals surface area contributed by atoms with E-state index in [1.165, 1.54) is 29.2 Å². The van der Waals surface area contributed by atoms with Crippen molar-refractivity contribution in [2.75, 3.05) is 6.54 Å². The third kappa shape index (κ3) is 7.90. The highest BCUT2D eigenvalue weighted by Crippen LogP contribution is 2.41. The van der Waals surface area contributed by atoms with Crippen LogP contribution in [0.5, 0.6) is 5.75 Å². The van der Waals surface area contributed by atoms with Gasteiger partial charge in [0.25, 0.3) is 0 Å². The number of pyridine rings is 1. The van der Waals surface area contributed by atoms with Crippen LogP contribution in [0.4, 0.5) is 4.79 Å². The molecule has 0 unspecified atom stereocenters. The van der Waals surface area contributed by atoms with Crippen LogP contribution in [0.2, 0.25) is 23.2 Å². The molecule has 1 heterocycles. The van der Waals surface area contributed by atoms with Gasteiger partial charge in [-0.25, -0.2) is 9.59 Å². The zero-order valence-electron chi connectivity index (χ0n) is 24.8. The van der Waals surface area contributed by atoms with Gasteiger partial charge in [0.1, 0.15) is 11.4 Å². The van der Waals surface area contributed by atoms with Gasteiger partial charge >= 0.3 is 12.1 Å². The van der Waals surface area contributed by atoms with Gasteiger partial charge in [-0.15, -0.1) is 0 Å². The Bertz CT molecular complexity index is 1510. The zero-order chi connectivity index (χ0) is 30.9. The number of rotatable bonds is 8. The molecule has 0 radical (unpaired) electrons. The first kappa shape index (κ1) is 32.2. The number of phenols is 1. The molecule has 0 spiro atoms. The first-order chi connectivity index (χ1) is 18.8. The van der Waals surface area contributed by atoms with E-state index in [0.29, 0.717) is 16.5 Å². The normalized spacial score (nSPS) is 13.2. The number of nitrogens with one attached hydrogen (secondary N) is 1. The number of aromatic amines is 1. The van der Waals surface area contributed by atoms with Crippen LogP contribution in [0.3, 0.4) is 0 Å². The highest BCUT2D eigenvalue weighted by molar-refractivity contribution is 6.74. The third-order valence-corrected chi connectivity index (χ3v) is 12.0. The summed E-state index contributed by atoms with van der Waals surface area (Å²) in [6, 6.07) is 10.6. The van der Waals surface area contributed by atoms with Crippen molar-refractivity contribution < 1.29 is 29.0 Å². The molecule has 1 atom stereocenters. The smallest absolute Gasteiger partial charge is 0.410 e. The van der Waals surface area contributed by atoms with E-state index >= 15 is 0 Å². The quantitative estimate of drug-likeness (QED) is 0.235. The Balaban J connectivity index is 2.16. The van der Waals surface area contributed by atoms with E-state index in [0.717, 1.165) is 0 Å². The van der Waals surface area contributed by atoms with Gasteiger partial charge in [-0.05, 0) is 74.3 Å². The molecule has 0 aliphatic carbocycles. The third-order valence-electron chi connectivity index (χ3n) is 7.20. The van der Waals surface area contributed by atoms with Crippen molar-refractivity contribution >= 4 is 42.9 Å². The van der Waals surface area contributed by atoms with Crippen molar-refractivity contribution in [3.63, 3.8) is 0 Å². The van der Waals surface area contributed by atoms with E-state index in [2.05, 4.69) is 38.8 Å². The van der Waals surface area contributed by atoms with E-state index in [4.69, 9.17) is 20.8 Å². The number of ether oxygens (including phenoxy) is 1. The van der Waals surface area contributed by atoms with E-state index in [1.807, 2.05) is 0 Å². The Kier molecular flexibility index (Phi) is 9.32. The Morgan fingerprint density at radius 1 is 1.05 bits per heavy atom. The average molecular weight is 603 g/mol. The molecule has 1 aromatic heterocycles. The van der Waals surface area contributed by atoms with Crippen LogP contribution in [-0.4, -0.2) is 52.6 Å². The van der Waals surface area contributed by atoms with E-state index in [1.54, 1.807) is 39.0 Å². The molecule has 0 saturated carbocycles. The molecule has 0 aliphatic heterocycles. The second-order valence-electron chi connectivity index (χ2n) is 12.6. The number of hydrogen-bond acceptors (Lipinski definition) is 6. The zero-order valence-corrected chi connectivity index (χ0v) is 26.5. The van der Waals surface area contributed by atoms with Crippen LogP contribution in [-0.2, 0) is 15.7 Å². The number of carboxylic acid groups (broad SMARTS) is 1. The number of nitrogens with zero attached hydrogens (tertiary/aromatic N) is 1. The number of carbonyl (C=O) groups excluding carboxylic acids is 1. The predicted molar refractivity (Wildman–Crippen MR) is 162 cm³/mol. The molecule has 0 saturated heterocycles. The molecule has 3 aromatic rings. The number of halogens is 1. The highest BCUT2D eigenvalue weighted by atomic mass is 35.5. The van der Waals surface area contributed by atoms with Crippen molar-refractivity contribution in [3.05, 3.63) is 74.5 Å². The molecule has 3 rings (SSSR count). The number of carbonyl (C=O) groups is 2. The van der Waals surface area contributed by atoms with Gasteiger partial charge in [0.2, 0.25) is 5.56 Å². The van der Waals surface area contributed by atoms with Gasteiger partial charge in [-0.3, -0.25) is 4.79 Å². The molecule has 0 fully saturated rings. The number of aromatic carboxylic acids is 1. The maximum Gasteiger partial charge on any atom is 0.410 e. The predicted octanol–water partition coefficient (Wildman–Crippen LogP) is 7.09. The largest absolute Gasteiger partial charge is 0.506 e. The molecular weight excluding hydrogens is 564 g/mol. The number of aromatic nitrogens is 1. The van der Waals surface area contributed by atoms with Gasteiger partial charge in [0, 0.05) is 16.5 Å². The Morgan fingerprint density at radius 3 is 2.27 bits per heavy atom. The maximum atomic E-state index is 13.6. The lowest BCUT2D eigenvalue weighted by Crippen LogP contribution is -2.45. The lowest BCUT2D eigenvalue weighted by Gasteiger charge is -2.41. The summed E-state index contributed by atoms with van der Waals surface area (Å²) in [6.45, 7) is 15.9. The van der Waals surface area contributed by atoms with Gasteiger partial charge in [0.05, 0.1) is 30.3 Å². The number of benzene rings is 2. The fourth-order valence-electron chi connectivity index (χ4n) is 4.02. The fourth-order valence-corrected chi connectivity index (χ4v) is 5.52. The highest BCUT2D eigenvalue weighted by Gasteiger charge is 2.41. The standard InChI is InChI=1S/C30H39ClN2O7Si/c1-29(2,3)39-28(38)33(16-19-10-9-18(27(36)37)15-22(19)31)17-24(40-41(7,8)30(4,5)6)20-11-13-23(34)26-21(20)12-14-25(35)32-26/h9-15,24,34H,16-17H2,1-8H3,(H,32,35)(H,36,37)/t24-/m0/s1. The summed E-state index contributed by atoms with van der Waals surface area (Å²) in [7, 11) is -2.44. The summed E-state index contributed by atoms with van der Waals surface area (Å²) in [6.07, 6.45) is -1.27. The summed E-state index contributed by atoms with van der Waals surface area (Å²) in [4.78, 5) is 41.2. The second-order valence-corrected chi connectivity index (χ2v) is 17.8. The van der Waals surface area contributed by atoms with Gasteiger partial charge < -0.3 is 29.3 Å². The molecule has 11 heteroatoms. The molecule has 41 heavy (non-hydrogen) atoms. The Morgan fingerprint density at radius 2 is 1.71 bits per heavy atom.